The molecule has 0 aliphatic rings. The van der Waals surface area contributed by atoms with E-state index in [2.05, 4.69) is 19.2 Å². The molecule has 1 N–H and O–H groups in total. The summed E-state index contributed by atoms with van der Waals surface area (Å²) >= 11 is 0. The van der Waals surface area contributed by atoms with Crippen molar-refractivity contribution in [3.8, 4) is 0 Å². The van der Waals surface area contributed by atoms with Crippen molar-refractivity contribution in [3.63, 3.8) is 0 Å². The van der Waals surface area contributed by atoms with Crippen molar-refractivity contribution in [1.82, 2.24) is 5.32 Å². The highest BCUT2D eigenvalue weighted by atomic mass is 16.5. The minimum Gasteiger partial charge on any atom is -0.380 e. The van der Waals surface area contributed by atoms with Gasteiger partial charge in [-0.1, -0.05) is 26.7 Å². The molecule has 0 amide bonds. The van der Waals surface area contributed by atoms with Crippen LogP contribution < -0.4 is 5.32 Å². The Balaban J connectivity index is 3.40. The molecule has 12 heavy (non-hydrogen) atoms. The second-order valence-corrected chi connectivity index (χ2v) is 3.06. The Morgan fingerprint density at radius 1 is 1.25 bits per heavy atom. The van der Waals surface area contributed by atoms with E-state index in [-0.39, 0.29) is 0 Å². The minimum atomic E-state index is 0.565. The van der Waals surface area contributed by atoms with Crippen LogP contribution in [0.2, 0.25) is 0 Å². The van der Waals surface area contributed by atoms with E-state index in [0.717, 1.165) is 19.8 Å². The van der Waals surface area contributed by atoms with Crippen LogP contribution in [-0.2, 0) is 4.74 Å². The van der Waals surface area contributed by atoms with Crippen LogP contribution in [0.4, 0.5) is 0 Å². The molecule has 0 saturated carbocycles. The zero-order valence-electron chi connectivity index (χ0n) is 8.73. The van der Waals surface area contributed by atoms with Crippen LogP contribution in [0, 0.1) is 0 Å². The lowest BCUT2D eigenvalue weighted by Gasteiger charge is -2.16. The average Bonchev–Trinajstić information content (AvgIpc) is 2.10. The molecule has 0 heterocycles. The van der Waals surface area contributed by atoms with E-state index in [1.54, 1.807) is 0 Å². The number of hydrogen-bond acceptors (Lipinski definition) is 2. The molecule has 0 aromatic rings. The molecular formula is C10H23NO. The smallest absolute Gasteiger partial charge is 0.0619 e. The Kier molecular flexibility index (Phi) is 8.95. The van der Waals surface area contributed by atoms with Crippen LogP contribution in [0.25, 0.3) is 0 Å². The van der Waals surface area contributed by atoms with Gasteiger partial charge in [-0.3, -0.25) is 0 Å². The summed E-state index contributed by atoms with van der Waals surface area (Å²) in [7, 11) is 0. The zero-order chi connectivity index (χ0) is 9.23. The lowest BCUT2D eigenvalue weighted by molar-refractivity contribution is 0.120. The normalized spacial score (nSPS) is 13.2. The summed E-state index contributed by atoms with van der Waals surface area (Å²) in [4.78, 5) is 0. The minimum absolute atomic E-state index is 0.565. The largest absolute Gasteiger partial charge is 0.380 e. The highest BCUT2D eigenvalue weighted by Gasteiger charge is 2.05. The molecule has 2 heteroatoms. The molecule has 0 aliphatic heterocycles. The summed E-state index contributed by atoms with van der Waals surface area (Å²) in [5.41, 5.74) is 0. The van der Waals surface area contributed by atoms with Crippen molar-refractivity contribution in [3.05, 3.63) is 0 Å². The number of rotatable bonds is 8. The fraction of sp³-hybridized carbons (Fsp3) is 1.00. The van der Waals surface area contributed by atoms with Gasteiger partial charge in [0, 0.05) is 12.6 Å². The standard InChI is InChI=1S/C10H23NO/c1-4-7-8-10(11-5-2)9-12-6-3/h10-11H,4-9H2,1-3H3. The molecule has 0 aliphatic carbocycles. The van der Waals surface area contributed by atoms with Gasteiger partial charge in [-0.25, -0.2) is 0 Å². The third-order valence-electron chi connectivity index (χ3n) is 1.92. The summed E-state index contributed by atoms with van der Waals surface area (Å²) in [5, 5.41) is 3.43. The van der Waals surface area contributed by atoms with Crippen LogP contribution >= 0.6 is 0 Å². The number of hydrogen-bond donors (Lipinski definition) is 1. The monoisotopic (exact) mass is 173 g/mol. The topological polar surface area (TPSA) is 21.3 Å². The third-order valence-corrected chi connectivity index (χ3v) is 1.92. The maximum absolute atomic E-state index is 5.38. The quantitative estimate of drug-likeness (QED) is 0.607. The van der Waals surface area contributed by atoms with E-state index in [4.69, 9.17) is 4.74 Å². The molecule has 0 bridgehead atoms. The van der Waals surface area contributed by atoms with Crippen molar-refractivity contribution in [2.75, 3.05) is 19.8 Å². The first-order chi connectivity index (χ1) is 5.85. The second-order valence-electron chi connectivity index (χ2n) is 3.06. The predicted molar refractivity (Wildman–Crippen MR) is 53.5 cm³/mol. The molecule has 0 spiro atoms. The summed E-state index contributed by atoms with van der Waals surface area (Å²) < 4.78 is 5.38. The van der Waals surface area contributed by atoms with Crippen molar-refractivity contribution >= 4 is 0 Å². The van der Waals surface area contributed by atoms with Gasteiger partial charge >= 0.3 is 0 Å². The Morgan fingerprint density at radius 2 is 2.00 bits per heavy atom. The fourth-order valence-electron chi connectivity index (χ4n) is 1.24. The molecule has 1 atom stereocenters. The summed E-state index contributed by atoms with van der Waals surface area (Å²) in [6, 6.07) is 0.565. The molecule has 1 unspecified atom stereocenters. The van der Waals surface area contributed by atoms with Crippen LogP contribution in [0.5, 0.6) is 0 Å². The Morgan fingerprint density at radius 3 is 2.50 bits per heavy atom. The van der Waals surface area contributed by atoms with Gasteiger partial charge in [0.15, 0.2) is 0 Å². The number of likely N-dealkylation sites (N-methyl/N-ethyl adjacent to an activating group) is 1. The molecule has 0 aromatic carbocycles. The fourth-order valence-corrected chi connectivity index (χ4v) is 1.24. The SMILES string of the molecule is CCCCC(COCC)NCC. The maximum atomic E-state index is 5.38. The third kappa shape index (κ3) is 6.62. The maximum Gasteiger partial charge on any atom is 0.0619 e. The lowest BCUT2D eigenvalue weighted by atomic mass is 10.1. The van der Waals surface area contributed by atoms with E-state index in [1.165, 1.54) is 19.3 Å². The van der Waals surface area contributed by atoms with Crippen molar-refractivity contribution in [2.24, 2.45) is 0 Å². The molecular weight excluding hydrogens is 150 g/mol. The summed E-state index contributed by atoms with van der Waals surface area (Å²) in [6.45, 7) is 9.15. The molecule has 2 nitrogen and oxygen atoms in total. The van der Waals surface area contributed by atoms with Crippen LogP contribution in [0.15, 0.2) is 0 Å². The average molecular weight is 173 g/mol. The molecule has 74 valence electrons. The Labute approximate surface area is 76.7 Å². The van der Waals surface area contributed by atoms with Crippen LogP contribution in [-0.4, -0.2) is 25.8 Å². The number of nitrogens with one attached hydrogen (secondary N) is 1. The molecule has 0 radical (unpaired) electrons. The molecule has 0 saturated heterocycles. The van der Waals surface area contributed by atoms with Gasteiger partial charge in [-0.2, -0.15) is 0 Å². The first-order valence-electron chi connectivity index (χ1n) is 5.16. The summed E-state index contributed by atoms with van der Waals surface area (Å²) in [5.74, 6) is 0. The van der Waals surface area contributed by atoms with Gasteiger partial charge in [0.1, 0.15) is 0 Å². The number of ether oxygens (including phenoxy) is 1. The highest BCUT2D eigenvalue weighted by molar-refractivity contribution is 4.64. The van der Waals surface area contributed by atoms with Gasteiger partial charge < -0.3 is 10.1 Å². The lowest BCUT2D eigenvalue weighted by Crippen LogP contribution is -2.33. The van der Waals surface area contributed by atoms with Gasteiger partial charge in [-0.15, -0.1) is 0 Å². The van der Waals surface area contributed by atoms with Crippen LogP contribution in [0.1, 0.15) is 40.0 Å². The second kappa shape index (κ2) is 9.01. The Hall–Kier alpha value is -0.0800. The van der Waals surface area contributed by atoms with Gasteiger partial charge in [0.2, 0.25) is 0 Å². The van der Waals surface area contributed by atoms with E-state index >= 15 is 0 Å². The first-order valence-corrected chi connectivity index (χ1v) is 5.16. The van der Waals surface area contributed by atoms with Gasteiger partial charge in [0.25, 0.3) is 0 Å². The Bertz CT molecular complexity index is 77.9. The van der Waals surface area contributed by atoms with Crippen molar-refractivity contribution < 1.29 is 4.74 Å². The number of unbranched alkanes of at least 4 members (excludes halogenated alkanes) is 1. The molecule has 0 rings (SSSR count). The molecule has 0 aromatic heterocycles. The van der Waals surface area contributed by atoms with Crippen molar-refractivity contribution in [2.45, 2.75) is 46.1 Å². The highest BCUT2D eigenvalue weighted by Crippen LogP contribution is 2.00. The van der Waals surface area contributed by atoms with E-state index in [1.807, 2.05) is 6.92 Å². The predicted octanol–water partition coefficient (Wildman–Crippen LogP) is 2.19. The van der Waals surface area contributed by atoms with E-state index in [0.29, 0.717) is 6.04 Å². The van der Waals surface area contributed by atoms with Crippen molar-refractivity contribution in [1.29, 1.82) is 0 Å². The van der Waals surface area contributed by atoms with Gasteiger partial charge in [0.05, 0.1) is 6.61 Å². The summed E-state index contributed by atoms with van der Waals surface area (Å²) in [6.07, 6.45) is 3.81. The van der Waals surface area contributed by atoms with Gasteiger partial charge in [-0.05, 0) is 19.9 Å². The van der Waals surface area contributed by atoms with E-state index in [9.17, 15) is 0 Å². The zero-order valence-corrected chi connectivity index (χ0v) is 8.73. The molecule has 0 fully saturated rings. The van der Waals surface area contributed by atoms with E-state index < -0.39 is 0 Å². The van der Waals surface area contributed by atoms with Crippen LogP contribution in [0.3, 0.4) is 0 Å². The first kappa shape index (κ1) is 11.9.